The zero-order valence-corrected chi connectivity index (χ0v) is 12.7. The maximum Gasteiger partial charge on any atom is 0.317 e. The van der Waals surface area contributed by atoms with E-state index in [2.05, 4.69) is 5.32 Å². The molecule has 6 heteroatoms. The van der Waals surface area contributed by atoms with Crippen molar-refractivity contribution in [1.29, 1.82) is 0 Å². The van der Waals surface area contributed by atoms with Crippen LogP contribution in [0.15, 0.2) is 0 Å². The number of nitrogens with zero attached hydrogens (tertiary/aromatic N) is 1. The second kappa shape index (κ2) is 6.64. The molecule has 1 aliphatic heterocycles. The number of carbonyl (C=O) groups excluding carboxylic acids is 1. The first-order valence-corrected chi connectivity index (χ1v) is 7.90. The molecule has 2 rings (SSSR count). The Labute approximate surface area is 125 Å². The van der Waals surface area contributed by atoms with Crippen LogP contribution in [-0.2, 0) is 4.79 Å². The highest BCUT2D eigenvalue weighted by Gasteiger charge is 2.46. The van der Waals surface area contributed by atoms with Crippen LogP contribution in [0, 0.1) is 5.41 Å². The summed E-state index contributed by atoms with van der Waals surface area (Å²) in [4.78, 5) is 25.6. The largest absolute Gasteiger partial charge is 0.481 e. The van der Waals surface area contributed by atoms with Gasteiger partial charge in [0.1, 0.15) is 0 Å². The zero-order valence-electron chi connectivity index (χ0n) is 12.7. The summed E-state index contributed by atoms with van der Waals surface area (Å²) >= 11 is 0. The molecule has 0 aromatic rings. The standard InChI is InChI=1S/C15H26N2O4/c1-15(13(19)20)8-5-7-12(15)16-14(21)17-9-4-2-3-6-11(17)10-18/h11-12,18H,2-10H2,1H3,(H,16,21)(H,19,20). The molecular weight excluding hydrogens is 272 g/mol. The lowest BCUT2D eigenvalue weighted by Gasteiger charge is -2.33. The lowest BCUT2D eigenvalue weighted by Crippen LogP contribution is -2.54. The van der Waals surface area contributed by atoms with Gasteiger partial charge in [-0.1, -0.05) is 19.3 Å². The van der Waals surface area contributed by atoms with Gasteiger partial charge in [-0.3, -0.25) is 4.79 Å². The lowest BCUT2D eigenvalue weighted by molar-refractivity contribution is -0.148. The Morgan fingerprint density at radius 1 is 1.24 bits per heavy atom. The van der Waals surface area contributed by atoms with Crippen LogP contribution in [0.2, 0.25) is 0 Å². The number of amides is 2. The molecule has 3 N–H and O–H groups in total. The number of hydrogen-bond acceptors (Lipinski definition) is 3. The highest BCUT2D eigenvalue weighted by atomic mass is 16.4. The molecule has 21 heavy (non-hydrogen) atoms. The minimum absolute atomic E-state index is 0.0334. The third-order valence-electron chi connectivity index (χ3n) is 5.09. The van der Waals surface area contributed by atoms with Gasteiger partial charge in [0.05, 0.1) is 18.1 Å². The summed E-state index contributed by atoms with van der Waals surface area (Å²) < 4.78 is 0. The lowest BCUT2D eigenvalue weighted by atomic mass is 9.85. The average Bonchev–Trinajstić information content (AvgIpc) is 2.69. The van der Waals surface area contributed by atoms with Crippen molar-refractivity contribution < 1.29 is 19.8 Å². The van der Waals surface area contributed by atoms with Gasteiger partial charge in [-0.05, 0) is 32.6 Å². The molecule has 0 spiro atoms. The first kappa shape index (κ1) is 16.1. The maximum atomic E-state index is 12.5. The number of nitrogens with one attached hydrogen (secondary N) is 1. The summed E-state index contributed by atoms with van der Waals surface area (Å²) in [6.07, 6.45) is 5.94. The monoisotopic (exact) mass is 298 g/mol. The molecule has 0 radical (unpaired) electrons. The molecule has 0 aromatic carbocycles. The summed E-state index contributed by atoms with van der Waals surface area (Å²) in [5, 5.41) is 21.8. The normalized spacial score (nSPS) is 33.5. The summed E-state index contributed by atoms with van der Waals surface area (Å²) in [6.45, 7) is 2.31. The van der Waals surface area contributed by atoms with Crippen molar-refractivity contribution in [3.8, 4) is 0 Å². The number of carboxylic acid groups (broad SMARTS) is 1. The topological polar surface area (TPSA) is 89.9 Å². The van der Waals surface area contributed by atoms with Gasteiger partial charge < -0.3 is 20.4 Å². The molecule has 0 aromatic heterocycles. The molecule has 0 bridgehead atoms. The van der Waals surface area contributed by atoms with Crippen LogP contribution in [0.5, 0.6) is 0 Å². The number of urea groups is 1. The van der Waals surface area contributed by atoms with Crippen molar-refractivity contribution in [2.75, 3.05) is 13.2 Å². The van der Waals surface area contributed by atoms with Gasteiger partial charge in [0.25, 0.3) is 0 Å². The van der Waals surface area contributed by atoms with Crippen LogP contribution >= 0.6 is 0 Å². The minimum Gasteiger partial charge on any atom is -0.481 e. The van der Waals surface area contributed by atoms with Crippen LogP contribution in [-0.4, -0.2) is 52.3 Å². The van der Waals surface area contributed by atoms with E-state index in [0.717, 1.165) is 32.1 Å². The smallest absolute Gasteiger partial charge is 0.317 e. The Morgan fingerprint density at radius 3 is 2.67 bits per heavy atom. The van der Waals surface area contributed by atoms with E-state index in [1.807, 2.05) is 0 Å². The van der Waals surface area contributed by atoms with Crippen molar-refractivity contribution in [2.45, 2.75) is 64.0 Å². The minimum atomic E-state index is -0.879. The van der Waals surface area contributed by atoms with Crippen LogP contribution < -0.4 is 5.32 Å². The number of carbonyl (C=O) groups is 2. The first-order valence-electron chi connectivity index (χ1n) is 7.90. The van der Waals surface area contributed by atoms with Gasteiger partial charge in [-0.25, -0.2) is 4.79 Å². The van der Waals surface area contributed by atoms with E-state index in [0.29, 0.717) is 19.4 Å². The fourth-order valence-corrected chi connectivity index (χ4v) is 3.52. The van der Waals surface area contributed by atoms with Crippen molar-refractivity contribution in [1.82, 2.24) is 10.2 Å². The number of hydrogen-bond donors (Lipinski definition) is 3. The van der Waals surface area contributed by atoms with E-state index in [9.17, 15) is 19.8 Å². The highest BCUT2D eigenvalue weighted by molar-refractivity contribution is 5.79. The number of likely N-dealkylation sites (tertiary alicyclic amines) is 1. The summed E-state index contributed by atoms with van der Waals surface area (Å²) in [7, 11) is 0. The predicted octanol–water partition coefficient (Wildman–Crippen LogP) is 1.58. The molecule has 3 atom stereocenters. The van der Waals surface area contributed by atoms with Crippen LogP contribution in [0.3, 0.4) is 0 Å². The maximum absolute atomic E-state index is 12.5. The third-order valence-corrected chi connectivity index (χ3v) is 5.09. The summed E-state index contributed by atoms with van der Waals surface area (Å²) in [6, 6.07) is -0.703. The van der Waals surface area contributed by atoms with Crippen molar-refractivity contribution in [3.63, 3.8) is 0 Å². The van der Waals surface area contributed by atoms with Gasteiger partial charge in [-0.15, -0.1) is 0 Å². The van der Waals surface area contributed by atoms with Crippen molar-refractivity contribution in [2.24, 2.45) is 5.41 Å². The number of aliphatic hydroxyl groups is 1. The highest BCUT2D eigenvalue weighted by Crippen LogP contribution is 2.38. The second-order valence-corrected chi connectivity index (χ2v) is 6.50. The van der Waals surface area contributed by atoms with E-state index >= 15 is 0 Å². The Morgan fingerprint density at radius 2 is 2.00 bits per heavy atom. The van der Waals surface area contributed by atoms with Crippen LogP contribution in [0.25, 0.3) is 0 Å². The Hall–Kier alpha value is -1.30. The molecular formula is C15H26N2O4. The van der Waals surface area contributed by atoms with Crippen molar-refractivity contribution in [3.05, 3.63) is 0 Å². The van der Waals surface area contributed by atoms with Crippen LogP contribution in [0.1, 0.15) is 51.9 Å². The first-order chi connectivity index (χ1) is 9.99. The predicted molar refractivity (Wildman–Crippen MR) is 78.0 cm³/mol. The molecule has 3 unspecified atom stereocenters. The second-order valence-electron chi connectivity index (χ2n) is 6.50. The van der Waals surface area contributed by atoms with E-state index in [-0.39, 0.29) is 24.7 Å². The molecule has 1 heterocycles. The molecule has 6 nitrogen and oxygen atoms in total. The quantitative estimate of drug-likeness (QED) is 0.738. The molecule has 1 saturated heterocycles. The van der Waals surface area contributed by atoms with Crippen molar-refractivity contribution >= 4 is 12.0 Å². The third kappa shape index (κ3) is 3.31. The van der Waals surface area contributed by atoms with Gasteiger partial charge in [-0.2, -0.15) is 0 Å². The Bertz CT molecular complexity index is 401. The number of rotatable bonds is 3. The van der Waals surface area contributed by atoms with E-state index < -0.39 is 11.4 Å². The van der Waals surface area contributed by atoms with E-state index in [1.165, 1.54) is 0 Å². The Kier molecular flexibility index (Phi) is 5.08. The zero-order chi connectivity index (χ0) is 15.5. The molecule has 120 valence electrons. The molecule has 1 saturated carbocycles. The summed E-state index contributed by atoms with van der Waals surface area (Å²) in [5.74, 6) is -0.847. The van der Waals surface area contributed by atoms with E-state index in [4.69, 9.17) is 0 Å². The molecule has 2 aliphatic rings. The molecule has 1 aliphatic carbocycles. The van der Waals surface area contributed by atoms with E-state index in [1.54, 1.807) is 11.8 Å². The van der Waals surface area contributed by atoms with Gasteiger partial charge in [0, 0.05) is 12.6 Å². The Balaban J connectivity index is 2.04. The van der Waals surface area contributed by atoms with Gasteiger partial charge in [0.15, 0.2) is 0 Å². The molecule has 2 fully saturated rings. The fraction of sp³-hybridized carbons (Fsp3) is 0.867. The fourth-order valence-electron chi connectivity index (χ4n) is 3.52. The number of aliphatic carboxylic acids is 1. The average molecular weight is 298 g/mol. The number of aliphatic hydroxyl groups excluding tert-OH is 1. The van der Waals surface area contributed by atoms with Crippen LogP contribution in [0.4, 0.5) is 4.79 Å². The molecule has 2 amide bonds. The van der Waals surface area contributed by atoms with Gasteiger partial charge in [0.2, 0.25) is 0 Å². The number of carboxylic acids is 1. The van der Waals surface area contributed by atoms with Gasteiger partial charge >= 0.3 is 12.0 Å². The SMILES string of the molecule is CC1(C(=O)O)CCCC1NC(=O)N1CCCCCC1CO. The summed E-state index contributed by atoms with van der Waals surface area (Å²) in [5.41, 5.74) is -0.879.